The van der Waals surface area contributed by atoms with Gasteiger partial charge in [-0.3, -0.25) is 4.90 Å². The zero-order valence-corrected chi connectivity index (χ0v) is 16.9. The van der Waals surface area contributed by atoms with E-state index in [9.17, 15) is 9.50 Å². The van der Waals surface area contributed by atoms with Crippen LogP contribution in [-0.4, -0.2) is 55.6 Å². The van der Waals surface area contributed by atoms with E-state index in [1.54, 1.807) is 12.1 Å². The summed E-state index contributed by atoms with van der Waals surface area (Å²) in [6.45, 7) is 8.39. The number of aliphatic hydroxyl groups is 1. The molecule has 4 nitrogen and oxygen atoms in total. The minimum atomic E-state index is -0.515. The van der Waals surface area contributed by atoms with E-state index in [4.69, 9.17) is 9.47 Å². The highest BCUT2D eigenvalue weighted by molar-refractivity contribution is 5.23. The number of rotatable bonds is 7. The second-order valence-corrected chi connectivity index (χ2v) is 9.16. The van der Waals surface area contributed by atoms with Gasteiger partial charge in [-0.25, -0.2) is 4.39 Å². The Kier molecular flexibility index (Phi) is 5.88. The lowest BCUT2D eigenvalue weighted by Crippen LogP contribution is -2.48. The van der Waals surface area contributed by atoms with Crippen molar-refractivity contribution in [3.63, 3.8) is 0 Å². The smallest absolute Gasteiger partial charge is 0.123 e. The van der Waals surface area contributed by atoms with Gasteiger partial charge in [0.2, 0.25) is 0 Å². The minimum absolute atomic E-state index is 0.0799. The molecule has 0 unspecified atom stereocenters. The average Bonchev–Trinajstić information content (AvgIpc) is 2.68. The largest absolute Gasteiger partial charge is 0.389 e. The molecule has 5 rings (SSSR count). The fourth-order valence-corrected chi connectivity index (χ4v) is 5.05. The monoisotopic (exact) mass is 389 g/mol. The topological polar surface area (TPSA) is 41.9 Å². The Bertz CT molecular complexity index is 702. The molecule has 0 radical (unpaired) electrons. The van der Waals surface area contributed by atoms with Gasteiger partial charge in [0.25, 0.3) is 0 Å². The van der Waals surface area contributed by atoms with E-state index >= 15 is 0 Å². The molecular weight excluding hydrogens is 357 g/mol. The lowest BCUT2D eigenvalue weighted by Gasteiger charge is -2.56. The predicted molar refractivity (Wildman–Crippen MR) is 106 cm³/mol. The van der Waals surface area contributed by atoms with E-state index in [-0.39, 0.29) is 11.9 Å². The molecule has 1 heterocycles. The Labute approximate surface area is 167 Å². The first-order valence-electron chi connectivity index (χ1n) is 10.5. The average molecular weight is 390 g/mol. The van der Waals surface area contributed by atoms with Gasteiger partial charge in [-0.1, -0.05) is 32.1 Å². The van der Waals surface area contributed by atoms with Crippen LogP contribution in [-0.2, 0) is 9.47 Å². The molecule has 0 amide bonds. The van der Waals surface area contributed by atoms with Crippen LogP contribution in [0.1, 0.15) is 38.4 Å². The molecule has 4 aliphatic rings. The molecule has 2 fully saturated rings. The molecule has 3 aliphatic carbocycles. The maximum absolute atomic E-state index is 13.1. The molecule has 1 aromatic rings. The van der Waals surface area contributed by atoms with Crippen LogP contribution in [0.3, 0.4) is 0 Å². The number of aliphatic hydroxyl groups excluding tert-OH is 1. The third-order valence-corrected chi connectivity index (χ3v) is 7.02. The van der Waals surface area contributed by atoms with Crippen molar-refractivity contribution in [3.8, 4) is 0 Å². The molecular formula is C23H32FNO3. The first-order chi connectivity index (χ1) is 13.4. The van der Waals surface area contributed by atoms with Gasteiger partial charge in [-0.15, -0.1) is 0 Å². The molecule has 2 bridgehead atoms. The van der Waals surface area contributed by atoms with Crippen LogP contribution in [0.15, 0.2) is 35.9 Å². The molecule has 1 saturated heterocycles. The normalized spacial score (nSPS) is 30.4. The van der Waals surface area contributed by atoms with Gasteiger partial charge in [0.15, 0.2) is 0 Å². The maximum atomic E-state index is 13.1. The Hall–Kier alpha value is -1.27. The standard InChI is InChI=1S/C23H32FNO3/c1-23(2)18-6-3-17(21(23)11-18)14-27-15-20(26)12-25-9-10-28-22(13-25)16-4-7-19(24)8-5-16/h3-5,7-8,18,20-22,26H,6,9-15H2,1-2H3/t18-,20-,21-,22+/m1/s1. The fourth-order valence-electron chi connectivity index (χ4n) is 5.05. The Morgan fingerprint density at radius 1 is 1.32 bits per heavy atom. The number of morpholine rings is 1. The first-order valence-corrected chi connectivity index (χ1v) is 10.5. The van der Waals surface area contributed by atoms with Crippen LogP contribution in [0.2, 0.25) is 0 Å². The van der Waals surface area contributed by atoms with Crippen molar-refractivity contribution < 1.29 is 19.0 Å². The van der Waals surface area contributed by atoms with Gasteiger partial charge in [-0.2, -0.15) is 0 Å². The summed E-state index contributed by atoms with van der Waals surface area (Å²) in [5, 5.41) is 10.4. The van der Waals surface area contributed by atoms with Crippen LogP contribution in [0.25, 0.3) is 0 Å². The Morgan fingerprint density at radius 2 is 2.11 bits per heavy atom. The van der Waals surface area contributed by atoms with Gasteiger partial charge in [0.1, 0.15) is 5.82 Å². The predicted octanol–water partition coefficient (Wildman–Crippen LogP) is 3.57. The molecule has 28 heavy (non-hydrogen) atoms. The molecule has 5 heteroatoms. The van der Waals surface area contributed by atoms with Crippen molar-refractivity contribution in [2.75, 3.05) is 39.5 Å². The van der Waals surface area contributed by atoms with Crippen molar-refractivity contribution in [1.29, 1.82) is 0 Å². The lowest BCUT2D eigenvalue weighted by atomic mass is 9.49. The quantitative estimate of drug-likeness (QED) is 0.724. The molecule has 1 saturated carbocycles. The van der Waals surface area contributed by atoms with Crippen LogP contribution < -0.4 is 0 Å². The highest BCUT2D eigenvalue weighted by atomic mass is 19.1. The van der Waals surface area contributed by atoms with Gasteiger partial charge in [0.05, 0.1) is 32.0 Å². The Balaban J connectivity index is 1.21. The number of halogens is 1. The number of nitrogens with zero attached hydrogens (tertiary/aromatic N) is 1. The molecule has 1 N–H and O–H groups in total. The first kappa shape index (κ1) is 20.0. The summed E-state index contributed by atoms with van der Waals surface area (Å²) in [6, 6.07) is 6.47. The van der Waals surface area contributed by atoms with Gasteiger partial charge in [0, 0.05) is 19.6 Å². The molecule has 1 aromatic carbocycles. The molecule has 0 aromatic heterocycles. The minimum Gasteiger partial charge on any atom is -0.389 e. The van der Waals surface area contributed by atoms with Gasteiger partial charge < -0.3 is 14.6 Å². The van der Waals surface area contributed by atoms with Gasteiger partial charge >= 0.3 is 0 Å². The molecule has 1 aliphatic heterocycles. The van der Waals surface area contributed by atoms with E-state index in [1.807, 2.05) is 0 Å². The second-order valence-electron chi connectivity index (χ2n) is 9.16. The van der Waals surface area contributed by atoms with Crippen LogP contribution in [0.5, 0.6) is 0 Å². The number of β-amino-alcohol motifs (C(OH)–C–C–N with tert-alkyl or cyclic N) is 1. The van der Waals surface area contributed by atoms with E-state index < -0.39 is 6.10 Å². The SMILES string of the molecule is CC1(C)[C@@H]2CC=C(COC[C@H](O)CN3CCO[C@H](c4ccc(F)cc4)C3)[C@H]1C2. The van der Waals surface area contributed by atoms with Crippen molar-refractivity contribution in [2.24, 2.45) is 17.3 Å². The summed E-state index contributed by atoms with van der Waals surface area (Å²) in [6.07, 6.45) is 4.22. The summed E-state index contributed by atoms with van der Waals surface area (Å²) >= 11 is 0. The zero-order chi connectivity index (χ0) is 19.7. The lowest BCUT2D eigenvalue weighted by molar-refractivity contribution is -0.0545. The summed E-state index contributed by atoms with van der Waals surface area (Å²) in [7, 11) is 0. The van der Waals surface area contributed by atoms with Crippen LogP contribution in [0.4, 0.5) is 4.39 Å². The van der Waals surface area contributed by atoms with Crippen LogP contribution in [0, 0.1) is 23.1 Å². The number of ether oxygens (including phenoxy) is 2. The van der Waals surface area contributed by atoms with Crippen molar-refractivity contribution in [1.82, 2.24) is 4.90 Å². The molecule has 4 atom stereocenters. The molecule has 154 valence electrons. The van der Waals surface area contributed by atoms with Crippen molar-refractivity contribution >= 4 is 0 Å². The van der Waals surface area contributed by atoms with E-state index in [0.29, 0.717) is 44.2 Å². The summed E-state index contributed by atoms with van der Waals surface area (Å²) in [4.78, 5) is 2.20. The van der Waals surface area contributed by atoms with Gasteiger partial charge in [-0.05, 0) is 53.4 Å². The highest BCUT2D eigenvalue weighted by Crippen LogP contribution is 2.59. The Morgan fingerprint density at radius 3 is 2.82 bits per heavy atom. The number of hydrogen-bond acceptors (Lipinski definition) is 4. The molecule has 0 spiro atoms. The number of hydrogen-bond donors (Lipinski definition) is 1. The van der Waals surface area contributed by atoms with Crippen molar-refractivity contribution in [3.05, 3.63) is 47.3 Å². The van der Waals surface area contributed by atoms with E-state index in [1.165, 1.54) is 30.5 Å². The van der Waals surface area contributed by atoms with Crippen LogP contribution >= 0.6 is 0 Å². The summed E-state index contributed by atoms with van der Waals surface area (Å²) in [5.74, 6) is 1.25. The summed E-state index contributed by atoms with van der Waals surface area (Å²) < 4.78 is 24.8. The summed E-state index contributed by atoms with van der Waals surface area (Å²) in [5.41, 5.74) is 2.81. The van der Waals surface area contributed by atoms with Crippen molar-refractivity contribution in [2.45, 2.75) is 38.9 Å². The third-order valence-electron chi connectivity index (χ3n) is 7.02. The number of allylic oxidation sites excluding steroid dienone is 1. The second kappa shape index (κ2) is 8.23. The maximum Gasteiger partial charge on any atom is 0.123 e. The van der Waals surface area contributed by atoms with E-state index in [2.05, 4.69) is 24.8 Å². The highest BCUT2D eigenvalue weighted by Gasteiger charge is 2.50. The number of benzene rings is 1. The number of fused-ring (bicyclic) bond motifs is 1. The van der Waals surface area contributed by atoms with E-state index in [0.717, 1.165) is 18.0 Å². The fraction of sp³-hybridized carbons (Fsp3) is 0.652. The zero-order valence-electron chi connectivity index (χ0n) is 16.9. The third kappa shape index (κ3) is 4.18.